The molecule has 7 N–H and O–H groups in total. The average molecular weight is 176 g/mol. The molecule has 1 atom stereocenters. The zero-order chi connectivity index (χ0) is 9.56. The SMILES string of the molecule is N/C(CCC[C@H]([NH3+])C(=O)[O-])=[NH+]\O. The van der Waals surface area contributed by atoms with Gasteiger partial charge in [0.25, 0.3) is 5.84 Å². The molecule has 0 rings (SSSR count). The standard InChI is InChI=1S/C6H13N3O3/c7-4(6(10)11)2-1-3-5(8)9-12/h4,12H,1-3,7H2,(H2,8,9)(H,10,11)/p+1/t4-/m0/s1. The van der Waals surface area contributed by atoms with Crippen LogP contribution in [0.4, 0.5) is 0 Å². The predicted octanol–water partition coefficient (Wildman–Crippen LogP) is -4.66. The topological polar surface area (TPSA) is 128 Å². The Bertz CT molecular complexity index is 181. The molecule has 0 aliphatic carbocycles. The zero-order valence-corrected chi connectivity index (χ0v) is 6.75. The van der Waals surface area contributed by atoms with Crippen molar-refractivity contribution in [2.75, 3.05) is 0 Å². The van der Waals surface area contributed by atoms with Crippen molar-refractivity contribution in [1.29, 1.82) is 0 Å². The molecule has 70 valence electrons. The van der Waals surface area contributed by atoms with Crippen LogP contribution in [-0.4, -0.2) is 23.1 Å². The van der Waals surface area contributed by atoms with Crippen molar-refractivity contribution >= 4 is 11.8 Å². The van der Waals surface area contributed by atoms with Crippen LogP contribution >= 0.6 is 0 Å². The maximum atomic E-state index is 10.2. The monoisotopic (exact) mass is 176 g/mol. The van der Waals surface area contributed by atoms with Crippen LogP contribution in [-0.2, 0) is 4.79 Å². The highest BCUT2D eigenvalue weighted by molar-refractivity contribution is 5.74. The molecule has 0 heterocycles. The number of amidine groups is 1. The Labute approximate surface area is 69.8 Å². The largest absolute Gasteiger partial charge is 0.544 e. The summed E-state index contributed by atoms with van der Waals surface area (Å²) in [6, 6.07) is -0.712. The summed E-state index contributed by atoms with van der Waals surface area (Å²) in [5, 5.41) is 20.2. The third-order valence-electron chi connectivity index (χ3n) is 1.48. The van der Waals surface area contributed by atoms with E-state index in [-0.39, 0.29) is 5.84 Å². The molecule has 0 aliphatic heterocycles. The van der Waals surface area contributed by atoms with E-state index < -0.39 is 12.0 Å². The first-order chi connectivity index (χ1) is 5.57. The lowest BCUT2D eigenvalue weighted by atomic mass is 10.1. The summed E-state index contributed by atoms with van der Waals surface area (Å²) in [4.78, 5) is 10.2. The minimum absolute atomic E-state index is 0.223. The van der Waals surface area contributed by atoms with Gasteiger partial charge in [0.15, 0.2) is 0 Å². The summed E-state index contributed by atoms with van der Waals surface area (Å²) < 4.78 is 0. The second-order valence-electron chi connectivity index (χ2n) is 2.55. The number of quaternary nitrogens is 1. The second kappa shape index (κ2) is 5.36. The first kappa shape index (κ1) is 10.7. The van der Waals surface area contributed by atoms with E-state index >= 15 is 0 Å². The van der Waals surface area contributed by atoms with Gasteiger partial charge in [0.05, 0.1) is 12.4 Å². The number of hydrogen-bond acceptors (Lipinski definition) is 3. The molecule has 0 aromatic rings. The lowest BCUT2D eigenvalue weighted by Crippen LogP contribution is -2.71. The lowest BCUT2D eigenvalue weighted by Gasteiger charge is -2.06. The van der Waals surface area contributed by atoms with Gasteiger partial charge in [-0.1, -0.05) is 5.16 Å². The van der Waals surface area contributed by atoms with E-state index in [1.165, 1.54) is 0 Å². The third kappa shape index (κ3) is 4.51. The van der Waals surface area contributed by atoms with Crippen LogP contribution in [0, 0.1) is 0 Å². The number of carbonyl (C=O) groups excluding carboxylic acids is 1. The summed E-state index contributed by atoms with van der Waals surface area (Å²) in [6.45, 7) is 0. The van der Waals surface area contributed by atoms with Crippen molar-refractivity contribution in [3.05, 3.63) is 0 Å². The van der Waals surface area contributed by atoms with Crippen LogP contribution in [0.3, 0.4) is 0 Å². The number of hydrogen-bond donors (Lipinski definition) is 4. The quantitative estimate of drug-likeness (QED) is 0.145. The van der Waals surface area contributed by atoms with Crippen molar-refractivity contribution in [2.24, 2.45) is 5.73 Å². The third-order valence-corrected chi connectivity index (χ3v) is 1.48. The van der Waals surface area contributed by atoms with Crippen LogP contribution < -0.4 is 21.7 Å². The van der Waals surface area contributed by atoms with Crippen LogP contribution in [0.1, 0.15) is 19.3 Å². The van der Waals surface area contributed by atoms with Gasteiger partial charge in [0, 0.05) is 6.42 Å². The van der Waals surface area contributed by atoms with Crippen LogP contribution in [0.15, 0.2) is 0 Å². The van der Waals surface area contributed by atoms with Crippen LogP contribution in [0.25, 0.3) is 0 Å². The van der Waals surface area contributed by atoms with Crippen LogP contribution in [0.2, 0.25) is 0 Å². The van der Waals surface area contributed by atoms with Gasteiger partial charge in [0.1, 0.15) is 6.04 Å². The van der Waals surface area contributed by atoms with Crippen LogP contribution in [0.5, 0.6) is 0 Å². The molecule has 0 bridgehead atoms. The molecule has 0 saturated heterocycles. The van der Waals surface area contributed by atoms with E-state index in [2.05, 4.69) is 5.73 Å². The summed E-state index contributed by atoms with van der Waals surface area (Å²) in [6.07, 6.45) is 1.38. The Morgan fingerprint density at radius 3 is 2.75 bits per heavy atom. The van der Waals surface area contributed by atoms with Crippen molar-refractivity contribution in [3.8, 4) is 0 Å². The normalized spacial score (nSPS) is 14.2. The fourth-order valence-corrected chi connectivity index (χ4v) is 0.713. The highest BCUT2D eigenvalue weighted by atomic mass is 16.4. The lowest BCUT2D eigenvalue weighted by molar-refractivity contribution is -0.739. The molecule has 0 saturated carbocycles. The fourth-order valence-electron chi connectivity index (χ4n) is 0.713. The molecule has 12 heavy (non-hydrogen) atoms. The highest BCUT2D eigenvalue weighted by Gasteiger charge is 2.08. The second-order valence-corrected chi connectivity index (χ2v) is 2.55. The van der Waals surface area contributed by atoms with E-state index in [9.17, 15) is 9.90 Å². The van der Waals surface area contributed by atoms with Crippen molar-refractivity contribution in [3.63, 3.8) is 0 Å². The number of carboxylic acids is 1. The Kier molecular flexibility index (Phi) is 4.78. The van der Waals surface area contributed by atoms with Gasteiger partial charge >= 0.3 is 0 Å². The van der Waals surface area contributed by atoms with E-state index in [4.69, 9.17) is 10.9 Å². The molecule has 0 aromatic carbocycles. The van der Waals surface area contributed by atoms with Crippen molar-refractivity contribution in [2.45, 2.75) is 25.3 Å². The Morgan fingerprint density at radius 2 is 2.33 bits per heavy atom. The van der Waals surface area contributed by atoms with Gasteiger partial charge in [-0.05, 0) is 6.42 Å². The number of rotatable bonds is 5. The van der Waals surface area contributed by atoms with Crippen molar-refractivity contribution < 1.29 is 26.0 Å². The van der Waals surface area contributed by atoms with Crippen molar-refractivity contribution in [1.82, 2.24) is 0 Å². The summed E-state index contributed by atoms with van der Waals surface area (Å²) in [5.41, 5.74) is 8.57. The summed E-state index contributed by atoms with van der Waals surface area (Å²) in [7, 11) is 0. The van der Waals surface area contributed by atoms with E-state index in [0.717, 1.165) is 0 Å². The van der Waals surface area contributed by atoms with Gasteiger partial charge in [0.2, 0.25) is 0 Å². The number of carboxylic acid groups (broad SMARTS) is 1. The minimum Gasteiger partial charge on any atom is -0.544 e. The maximum absolute atomic E-state index is 10.2. The number of carbonyl (C=O) groups is 1. The van der Waals surface area contributed by atoms with Gasteiger partial charge in [-0.2, -0.15) is 0 Å². The van der Waals surface area contributed by atoms with Gasteiger partial charge in [-0.3, -0.25) is 5.73 Å². The number of aliphatic carboxylic acids is 1. The molecule has 6 heteroatoms. The van der Waals surface area contributed by atoms with E-state index in [1.807, 2.05) is 0 Å². The molecule has 0 spiro atoms. The number of nitrogens with one attached hydrogen (secondary N) is 1. The molecular weight excluding hydrogens is 162 g/mol. The summed E-state index contributed by atoms with van der Waals surface area (Å²) >= 11 is 0. The molecule has 0 radical (unpaired) electrons. The predicted molar refractivity (Wildman–Crippen MR) is 37.5 cm³/mol. The Balaban J connectivity index is 3.50. The van der Waals surface area contributed by atoms with Gasteiger partial charge in [-0.15, -0.1) is 0 Å². The van der Waals surface area contributed by atoms with Gasteiger partial charge < -0.3 is 20.8 Å². The highest BCUT2D eigenvalue weighted by Crippen LogP contribution is 1.95. The van der Waals surface area contributed by atoms with E-state index in [0.29, 0.717) is 19.3 Å². The molecular formula is C6H14N3O3+. The zero-order valence-electron chi connectivity index (χ0n) is 6.75. The minimum atomic E-state index is -1.16. The molecule has 0 fully saturated rings. The van der Waals surface area contributed by atoms with Gasteiger partial charge in [-0.25, -0.2) is 0 Å². The Hall–Kier alpha value is -1.30. The average Bonchev–Trinajstić information content (AvgIpc) is 2.03. The maximum Gasteiger partial charge on any atom is 0.279 e. The molecule has 0 amide bonds. The molecule has 0 aromatic heterocycles. The molecule has 0 unspecified atom stereocenters. The van der Waals surface area contributed by atoms with E-state index in [1.54, 1.807) is 5.16 Å². The molecule has 6 nitrogen and oxygen atoms in total. The first-order valence-electron chi connectivity index (χ1n) is 3.63. The Morgan fingerprint density at radius 1 is 1.75 bits per heavy atom. The summed E-state index contributed by atoms with van der Waals surface area (Å²) in [5.74, 6) is -0.939. The smallest absolute Gasteiger partial charge is 0.279 e. The number of nitrogens with two attached hydrogens (primary N) is 1. The fraction of sp³-hybridized carbons (Fsp3) is 0.667. The molecule has 0 aliphatic rings. The first-order valence-corrected chi connectivity index (χ1v) is 3.63.